The van der Waals surface area contributed by atoms with Crippen molar-refractivity contribution >= 4 is 5.97 Å². The molecule has 1 aliphatic carbocycles. The highest BCUT2D eigenvalue weighted by atomic mass is 16.6. The number of carbonyl (C=O) groups excluding carboxylic acids is 1. The average Bonchev–Trinajstić information content (AvgIpc) is 2.45. The first-order valence-electron chi connectivity index (χ1n) is 5.38. The molecule has 0 radical (unpaired) electrons. The van der Waals surface area contributed by atoms with Gasteiger partial charge in [-0.1, -0.05) is 0 Å². The lowest BCUT2D eigenvalue weighted by atomic mass is 10.2. The number of hydrogen-bond acceptors (Lipinski definition) is 4. The minimum absolute atomic E-state index is 0.00696. The van der Waals surface area contributed by atoms with E-state index in [2.05, 4.69) is 0 Å². The monoisotopic (exact) mass is 216 g/mol. The van der Waals surface area contributed by atoms with Gasteiger partial charge in [-0.05, 0) is 40.0 Å². The largest absolute Gasteiger partial charge is 0.458 e. The van der Waals surface area contributed by atoms with Crippen molar-refractivity contribution in [2.75, 3.05) is 6.61 Å². The lowest BCUT2D eigenvalue weighted by molar-refractivity contribution is -0.162. The fourth-order valence-corrected chi connectivity index (χ4v) is 1.63. The van der Waals surface area contributed by atoms with Gasteiger partial charge < -0.3 is 14.6 Å². The van der Waals surface area contributed by atoms with Crippen LogP contribution in [0.15, 0.2) is 0 Å². The van der Waals surface area contributed by atoms with Gasteiger partial charge in [-0.25, -0.2) is 4.79 Å². The van der Waals surface area contributed by atoms with E-state index in [0.29, 0.717) is 6.42 Å². The SMILES string of the molecule is CC(C)(C)OC(=O)CO[C@@H]1CC[C@H](O)C1. The van der Waals surface area contributed by atoms with Crippen molar-refractivity contribution in [3.8, 4) is 0 Å². The summed E-state index contributed by atoms with van der Waals surface area (Å²) >= 11 is 0. The van der Waals surface area contributed by atoms with Gasteiger partial charge in [-0.15, -0.1) is 0 Å². The highest BCUT2D eigenvalue weighted by Gasteiger charge is 2.25. The van der Waals surface area contributed by atoms with Crippen LogP contribution in [0.5, 0.6) is 0 Å². The second-order valence-corrected chi connectivity index (χ2v) is 4.99. The van der Waals surface area contributed by atoms with Crippen LogP contribution < -0.4 is 0 Å². The first-order chi connectivity index (χ1) is 6.87. The van der Waals surface area contributed by atoms with Crippen molar-refractivity contribution in [2.45, 2.75) is 57.8 Å². The molecule has 0 bridgehead atoms. The van der Waals surface area contributed by atoms with Crippen LogP contribution in [0.1, 0.15) is 40.0 Å². The van der Waals surface area contributed by atoms with Gasteiger partial charge in [-0.2, -0.15) is 0 Å². The number of ether oxygens (including phenoxy) is 2. The van der Waals surface area contributed by atoms with Gasteiger partial charge in [-0.3, -0.25) is 0 Å². The van der Waals surface area contributed by atoms with Crippen molar-refractivity contribution in [2.24, 2.45) is 0 Å². The second kappa shape index (κ2) is 4.94. The van der Waals surface area contributed by atoms with Crippen molar-refractivity contribution in [3.05, 3.63) is 0 Å². The van der Waals surface area contributed by atoms with Crippen molar-refractivity contribution < 1.29 is 19.4 Å². The number of carbonyl (C=O) groups is 1. The van der Waals surface area contributed by atoms with Crippen molar-refractivity contribution in [1.82, 2.24) is 0 Å². The van der Waals surface area contributed by atoms with Crippen LogP contribution in [-0.2, 0) is 14.3 Å². The molecule has 1 N–H and O–H groups in total. The van der Waals surface area contributed by atoms with Gasteiger partial charge >= 0.3 is 5.97 Å². The maximum Gasteiger partial charge on any atom is 0.332 e. The number of esters is 1. The molecular formula is C11H20O4. The average molecular weight is 216 g/mol. The van der Waals surface area contributed by atoms with Gasteiger partial charge in [0.25, 0.3) is 0 Å². The molecule has 0 aromatic heterocycles. The molecule has 4 heteroatoms. The van der Waals surface area contributed by atoms with E-state index in [-0.39, 0.29) is 24.8 Å². The maximum absolute atomic E-state index is 11.3. The Morgan fingerprint density at radius 2 is 2.07 bits per heavy atom. The van der Waals surface area contributed by atoms with Crippen LogP contribution in [0.3, 0.4) is 0 Å². The topological polar surface area (TPSA) is 55.8 Å². The van der Waals surface area contributed by atoms with E-state index in [1.54, 1.807) is 0 Å². The molecule has 0 heterocycles. The van der Waals surface area contributed by atoms with Gasteiger partial charge in [0.05, 0.1) is 12.2 Å². The zero-order valence-electron chi connectivity index (χ0n) is 9.66. The molecule has 0 saturated heterocycles. The molecule has 0 aromatic carbocycles. The predicted molar refractivity (Wildman–Crippen MR) is 55.4 cm³/mol. The van der Waals surface area contributed by atoms with E-state index in [0.717, 1.165) is 12.8 Å². The summed E-state index contributed by atoms with van der Waals surface area (Å²) in [6.45, 7) is 5.45. The van der Waals surface area contributed by atoms with Gasteiger partial charge in [0.15, 0.2) is 0 Å². The number of hydrogen-bond donors (Lipinski definition) is 1. The van der Waals surface area contributed by atoms with E-state index in [4.69, 9.17) is 9.47 Å². The summed E-state index contributed by atoms with van der Waals surface area (Å²) in [5.41, 5.74) is -0.463. The Bertz CT molecular complexity index is 219. The fourth-order valence-electron chi connectivity index (χ4n) is 1.63. The van der Waals surface area contributed by atoms with Crippen LogP contribution in [-0.4, -0.2) is 35.5 Å². The Morgan fingerprint density at radius 3 is 2.53 bits per heavy atom. The first kappa shape index (κ1) is 12.5. The zero-order chi connectivity index (χ0) is 11.5. The quantitative estimate of drug-likeness (QED) is 0.721. The number of aliphatic hydroxyl groups is 1. The Kier molecular flexibility index (Phi) is 4.11. The molecule has 0 amide bonds. The standard InChI is InChI=1S/C11H20O4/c1-11(2,3)15-10(13)7-14-9-5-4-8(12)6-9/h8-9,12H,4-7H2,1-3H3/t8-,9+/m0/s1. The first-order valence-corrected chi connectivity index (χ1v) is 5.38. The summed E-state index contributed by atoms with van der Waals surface area (Å²) in [7, 11) is 0. The summed E-state index contributed by atoms with van der Waals surface area (Å²) in [6.07, 6.45) is 1.95. The third kappa shape index (κ3) is 5.14. The van der Waals surface area contributed by atoms with E-state index in [9.17, 15) is 9.90 Å². The molecular weight excluding hydrogens is 196 g/mol. The van der Waals surface area contributed by atoms with Crippen molar-refractivity contribution in [1.29, 1.82) is 0 Å². The minimum Gasteiger partial charge on any atom is -0.458 e. The van der Waals surface area contributed by atoms with Gasteiger partial charge in [0.1, 0.15) is 12.2 Å². The molecule has 2 atom stereocenters. The molecule has 1 aliphatic rings. The molecule has 0 aliphatic heterocycles. The second-order valence-electron chi connectivity index (χ2n) is 4.99. The lowest BCUT2D eigenvalue weighted by Gasteiger charge is -2.20. The summed E-state index contributed by atoms with van der Waals surface area (Å²) in [6, 6.07) is 0. The minimum atomic E-state index is -0.463. The molecule has 0 spiro atoms. The van der Waals surface area contributed by atoms with E-state index < -0.39 is 5.60 Å². The third-order valence-electron chi connectivity index (χ3n) is 2.21. The molecule has 0 aromatic rings. The lowest BCUT2D eigenvalue weighted by Crippen LogP contribution is -2.28. The summed E-state index contributed by atoms with van der Waals surface area (Å²) in [5, 5.41) is 9.26. The van der Waals surface area contributed by atoms with Crippen LogP contribution in [0.2, 0.25) is 0 Å². The van der Waals surface area contributed by atoms with Crippen LogP contribution >= 0.6 is 0 Å². The Labute approximate surface area is 90.6 Å². The van der Waals surface area contributed by atoms with E-state index in [1.807, 2.05) is 20.8 Å². The third-order valence-corrected chi connectivity index (χ3v) is 2.21. The van der Waals surface area contributed by atoms with E-state index in [1.165, 1.54) is 0 Å². The fraction of sp³-hybridized carbons (Fsp3) is 0.909. The van der Waals surface area contributed by atoms with Gasteiger partial charge in [0, 0.05) is 0 Å². The zero-order valence-corrected chi connectivity index (χ0v) is 9.66. The highest BCUT2D eigenvalue weighted by Crippen LogP contribution is 2.21. The molecule has 0 unspecified atom stereocenters. The number of aliphatic hydroxyl groups excluding tert-OH is 1. The van der Waals surface area contributed by atoms with Crippen LogP contribution in [0.25, 0.3) is 0 Å². The Hall–Kier alpha value is -0.610. The van der Waals surface area contributed by atoms with Crippen molar-refractivity contribution in [3.63, 3.8) is 0 Å². The smallest absolute Gasteiger partial charge is 0.332 e. The normalized spacial score (nSPS) is 26.7. The Morgan fingerprint density at radius 1 is 1.40 bits per heavy atom. The van der Waals surface area contributed by atoms with Gasteiger partial charge in [0.2, 0.25) is 0 Å². The Balaban J connectivity index is 2.17. The van der Waals surface area contributed by atoms with Crippen LogP contribution in [0, 0.1) is 0 Å². The highest BCUT2D eigenvalue weighted by molar-refractivity contribution is 5.71. The van der Waals surface area contributed by atoms with Crippen LogP contribution in [0.4, 0.5) is 0 Å². The molecule has 1 saturated carbocycles. The summed E-state index contributed by atoms with van der Waals surface area (Å²) < 4.78 is 10.4. The summed E-state index contributed by atoms with van der Waals surface area (Å²) in [4.78, 5) is 11.3. The maximum atomic E-state index is 11.3. The summed E-state index contributed by atoms with van der Waals surface area (Å²) in [5.74, 6) is -0.344. The molecule has 1 rings (SSSR count). The molecule has 4 nitrogen and oxygen atoms in total. The predicted octanol–water partition coefficient (Wildman–Crippen LogP) is 1.26. The molecule has 1 fully saturated rings. The molecule has 88 valence electrons. The van der Waals surface area contributed by atoms with E-state index >= 15 is 0 Å². The number of rotatable bonds is 3. The molecule has 15 heavy (non-hydrogen) atoms.